The average molecular weight is 524 g/mol. The lowest BCUT2D eigenvalue weighted by atomic mass is 10.3. The number of carbonyl (C=O) groups is 2. The molecule has 11 heteroatoms. The monoisotopic (exact) mass is 524 g/mol. The maximum Gasteiger partial charge on any atom is 0.316 e. The van der Waals surface area contributed by atoms with Crippen LogP contribution in [0.1, 0.15) is 27.9 Å². The summed E-state index contributed by atoms with van der Waals surface area (Å²) < 4.78 is 13.2. The highest BCUT2D eigenvalue weighted by Gasteiger charge is 2.17. The van der Waals surface area contributed by atoms with Gasteiger partial charge in [-0.25, -0.2) is 0 Å². The van der Waals surface area contributed by atoms with E-state index < -0.39 is 5.91 Å². The second-order valence-electron chi connectivity index (χ2n) is 6.37. The summed E-state index contributed by atoms with van der Waals surface area (Å²) in [6.45, 7) is 4.54. The summed E-state index contributed by atoms with van der Waals surface area (Å²) in [7, 11) is 0. The van der Waals surface area contributed by atoms with E-state index in [0.29, 0.717) is 18.1 Å². The summed E-state index contributed by atoms with van der Waals surface area (Å²) in [5.74, 6) is 0.0380. The van der Waals surface area contributed by atoms with Crippen LogP contribution in [-0.2, 0) is 11.3 Å². The van der Waals surface area contributed by atoms with Crippen LogP contribution in [0.3, 0.4) is 0 Å². The molecule has 2 amide bonds. The van der Waals surface area contributed by atoms with E-state index in [0.717, 1.165) is 15.0 Å². The SMILES string of the molecule is Cc1nn(Cc2noc(C(=O)NCCNC(=O)COc3ccccc3)n2)c(C)c1I. The Morgan fingerprint density at radius 3 is 2.60 bits per heavy atom. The topological polar surface area (TPSA) is 124 Å². The van der Waals surface area contributed by atoms with Crippen molar-refractivity contribution in [3.05, 3.63) is 57.0 Å². The highest BCUT2D eigenvalue weighted by Crippen LogP contribution is 2.16. The minimum absolute atomic E-state index is 0.101. The number of aryl methyl sites for hydroxylation is 1. The van der Waals surface area contributed by atoms with Gasteiger partial charge in [-0.05, 0) is 48.6 Å². The molecule has 0 atom stereocenters. The van der Waals surface area contributed by atoms with Gasteiger partial charge >= 0.3 is 11.8 Å². The third-order valence-corrected chi connectivity index (χ3v) is 5.65. The van der Waals surface area contributed by atoms with E-state index in [2.05, 4.69) is 48.5 Å². The van der Waals surface area contributed by atoms with Gasteiger partial charge in [0.15, 0.2) is 12.4 Å². The number of amides is 2. The first-order chi connectivity index (χ1) is 14.4. The number of halogens is 1. The van der Waals surface area contributed by atoms with E-state index >= 15 is 0 Å². The molecule has 0 spiro atoms. The molecule has 2 heterocycles. The van der Waals surface area contributed by atoms with Gasteiger partial charge in [-0.3, -0.25) is 14.3 Å². The van der Waals surface area contributed by atoms with Crippen molar-refractivity contribution in [3.63, 3.8) is 0 Å². The number of rotatable bonds is 9. The number of hydrogen-bond acceptors (Lipinski definition) is 7. The molecule has 3 rings (SSSR count). The van der Waals surface area contributed by atoms with Crippen molar-refractivity contribution in [2.24, 2.45) is 0 Å². The van der Waals surface area contributed by atoms with Crippen molar-refractivity contribution in [2.45, 2.75) is 20.4 Å². The fourth-order valence-corrected chi connectivity index (χ4v) is 2.93. The summed E-state index contributed by atoms with van der Waals surface area (Å²) in [5.41, 5.74) is 1.92. The first-order valence-corrected chi connectivity index (χ1v) is 10.3. The minimum atomic E-state index is -0.508. The fourth-order valence-electron chi connectivity index (χ4n) is 2.54. The molecular weight excluding hydrogens is 503 g/mol. The van der Waals surface area contributed by atoms with Crippen molar-refractivity contribution in [3.8, 4) is 5.75 Å². The van der Waals surface area contributed by atoms with Gasteiger partial charge in [-0.1, -0.05) is 23.4 Å². The van der Waals surface area contributed by atoms with Crippen LogP contribution in [0.4, 0.5) is 0 Å². The zero-order valence-corrected chi connectivity index (χ0v) is 18.7. The lowest BCUT2D eigenvalue weighted by molar-refractivity contribution is -0.123. The predicted molar refractivity (Wildman–Crippen MR) is 115 cm³/mol. The third-order valence-electron chi connectivity index (χ3n) is 4.09. The summed E-state index contributed by atoms with van der Waals surface area (Å²) in [5, 5.41) is 13.5. The van der Waals surface area contributed by atoms with Crippen LogP contribution in [0, 0.1) is 17.4 Å². The van der Waals surface area contributed by atoms with Crippen molar-refractivity contribution in [2.75, 3.05) is 19.7 Å². The molecule has 0 saturated carbocycles. The second-order valence-corrected chi connectivity index (χ2v) is 7.44. The molecular formula is C19H21IN6O4. The fraction of sp³-hybridized carbons (Fsp3) is 0.316. The normalized spacial score (nSPS) is 10.6. The van der Waals surface area contributed by atoms with Crippen LogP contribution in [0.5, 0.6) is 5.75 Å². The minimum Gasteiger partial charge on any atom is -0.484 e. The molecule has 3 aromatic rings. The van der Waals surface area contributed by atoms with E-state index in [-0.39, 0.29) is 31.5 Å². The van der Waals surface area contributed by atoms with Gasteiger partial charge in [0.2, 0.25) is 0 Å². The van der Waals surface area contributed by atoms with Gasteiger partial charge in [0.05, 0.1) is 9.26 Å². The Morgan fingerprint density at radius 2 is 1.90 bits per heavy atom. The van der Waals surface area contributed by atoms with E-state index in [4.69, 9.17) is 9.26 Å². The van der Waals surface area contributed by atoms with Crippen LogP contribution in [0.2, 0.25) is 0 Å². The molecule has 158 valence electrons. The Balaban J connectivity index is 1.39. The second kappa shape index (κ2) is 10.2. The summed E-state index contributed by atoms with van der Waals surface area (Å²) in [6, 6.07) is 9.04. The van der Waals surface area contributed by atoms with E-state index in [9.17, 15) is 9.59 Å². The zero-order valence-electron chi connectivity index (χ0n) is 16.5. The first-order valence-electron chi connectivity index (χ1n) is 9.19. The smallest absolute Gasteiger partial charge is 0.316 e. The molecule has 1 aromatic carbocycles. The number of aromatic nitrogens is 4. The molecule has 30 heavy (non-hydrogen) atoms. The molecule has 0 bridgehead atoms. The largest absolute Gasteiger partial charge is 0.484 e. The summed E-state index contributed by atoms with van der Waals surface area (Å²) >= 11 is 2.23. The Hall–Kier alpha value is -2.96. The number of ether oxygens (including phenoxy) is 1. The number of hydrogen-bond donors (Lipinski definition) is 2. The molecule has 0 saturated heterocycles. The molecule has 0 aliphatic carbocycles. The molecule has 0 aliphatic heterocycles. The highest BCUT2D eigenvalue weighted by molar-refractivity contribution is 14.1. The van der Waals surface area contributed by atoms with Crippen LogP contribution >= 0.6 is 22.6 Å². The molecule has 0 unspecified atom stereocenters. The Bertz CT molecular complexity index is 1020. The van der Waals surface area contributed by atoms with Crippen LogP contribution < -0.4 is 15.4 Å². The van der Waals surface area contributed by atoms with E-state index in [1.54, 1.807) is 16.8 Å². The predicted octanol–water partition coefficient (Wildman–Crippen LogP) is 1.46. The summed E-state index contributed by atoms with van der Waals surface area (Å²) in [6.07, 6.45) is 0. The number of nitrogens with one attached hydrogen (secondary N) is 2. The Kier molecular flexibility index (Phi) is 7.38. The maximum atomic E-state index is 12.1. The molecule has 0 radical (unpaired) electrons. The number of nitrogens with zero attached hydrogens (tertiary/aromatic N) is 4. The molecule has 0 aliphatic rings. The lowest BCUT2D eigenvalue weighted by Gasteiger charge is -2.07. The van der Waals surface area contributed by atoms with E-state index in [1.807, 2.05) is 32.0 Å². The standard InChI is InChI=1S/C19H21IN6O4/c1-12-17(20)13(2)26(24-12)10-15-23-19(30-25-15)18(28)22-9-8-21-16(27)11-29-14-6-4-3-5-7-14/h3-7H,8-11H2,1-2H3,(H,21,27)(H,22,28). The highest BCUT2D eigenvalue weighted by atomic mass is 127. The Labute approximate surface area is 186 Å². The van der Waals surface area contributed by atoms with Gasteiger partial charge in [0, 0.05) is 18.8 Å². The summed E-state index contributed by atoms with van der Waals surface area (Å²) in [4.78, 5) is 28.0. The van der Waals surface area contributed by atoms with Crippen LogP contribution in [0.15, 0.2) is 34.9 Å². The third kappa shape index (κ3) is 5.78. The molecule has 10 nitrogen and oxygen atoms in total. The van der Waals surface area contributed by atoms with Crippen molar-refractivity contribution in [1.82, 2.24) is 30.6 Å². The number of benzene rings is 1. The van der Waals surface area contributed by atoms with E-state index in [1.165, 1.54) is 0 Å². The van der Waals surface area contributed by atoms with Crippen molar-refractivity contribution >= 4 is 34.4 Å². The van der Waals surface area contributed by atoms with Crippen LogP contribution in [-0.4, -0.2) is 51.4 Å². The first kappa shape index (κ1) is 21.7. The number of para-hydroxylation sites is 1. The number of carbonyl (C=O) groups excluding carboxylic acids is 2. The quantitative estimate of drug-likeness (QED) is 0.321. The lowest BCUT2D eigenvalue weighted by Crippen LogP contribution is -2.36. The zero-order chi connectivity index (χ0) is 21.5. The molecule has 0 fully saturated rings. The van der Waals surface area contributed by atoms with Crippen LogP contribution in [0.25, 0.3) is 0 Å². The van der Waals surface area contributed by atoms with Crippen molar-refractivity contribution in [1.29, 1.82) is 0 Å². The van der Waals surface area contributed by atoms with Crippen molar-refractivity contribution < 1.29 is 18.8 Å². The van der Waals surface area contributed by atoms with Gasteiger partial charge in [-0.15, -0.1) is 0 Å². The molecule has 2 N–H and O–H groups in total. The van der Waals surface area contributed by atoms with Gasteiger partial charge in [-0.2, -0.15) is 10.1 Å². The maximum absolute atomic E-state index is 12.1. The van der Waals surface area contributed by atoms with Gasteiger partial charge in [0.25, 0.3) is 5.91 Å². The molecule has 2 aromatic heterocycles. The van der Waals surface area contributed by atoms with Gasteiger partial charge < -0.3 is 19.9 Å². The Morgan fingerprint density at radius 1 is 1.17 bits per heavy atom. The average Bonchev–Trinajstić information content (AvgIpc) is 3.31. The van der Waals surface area contributed by atoms with Gasteiger partial charge in [0.1, 0.15) is 12.3 Å².